The Hall–Kier alpha value is -1.71. The highest BCUT2D eigenvalue weighted by molar-refractivity contribution is 5.90. The van der Waals surface area contributed by atoms with Gasteiger partial charge in [-0.1, -0.05) is 6.92 Å². The Morgan fingerprint density at radius 2 is 2.06 bits per heavy atom. The summed E-state index contributed by atoms with van der Waals surface area (Å²) < 4.78 is 10.4. The molecule has 0 bridgehead atoms. The van der Waals surface area contributed by atoms with E-state index in [1.165, 1.54) is 7.11 Å². The van der Waals surface area contributed by atoms with Crippen LogP contribution < -0.4 is 10.5 Å². The molecule has 17 heavy (non-hydrogen) atoms. The van der Waals surface area contributed by atoms with Crippen molar-refractivity contribution >= 4 is 11.7 Å². The van der Waals surface area contributed by atoms with Crippen LogP contribution in [-0.2, 0) is 4.74 Å². The van der Waals surface area contributed by atoms with Gasteiger partial charge in [-0.15, -0.1) is 0 Å². The first-order chi connectivity index (χ1) is 7.89. The summed E-state index contributed by atoms with van der Waals surface area (Å²) in [6, 6.07) is 4.90. The van der Waals surface area contributed by atoms with Crippen molar-refractivity contribution in [3.8, 4) is 5.75 Å². The number of benzene rings is 1. The second-order valence-corrected chi connectivity index (χ2v) is 4.46. The van der Waals surface area contributed by atoms with E-state index in [9.17, 15) is 4.79 Å². The third-order valence-electron chi connectivity index (χ3n) is 2.67. The number of hydrogen-bond donors (Lipinski definition) is 1. The first-order valence-corrected chi connectivity index (χ1v) is 5.56. The number of methoxy groups -OCH3 is 1. The molecule has 0 fully saturated rings. The number of esters is 1. The summed E-state index contributed by atoms with van der Waals surface area (Å²) in [6.45, 7) is 6.01. The molecule has 4 heteroatoms. The molecule has 1 rings (SSSR count). The van der Waals surface area contributed by atoms with E-state index in [1.54, 1.807) is 18.2 Å². The van der Waals surface area contributed by atoms with Crippen LogP contribution in [0.2, 0.25) is 0 Å². The minimum Gasteiger partial charge on any atom is -0.486 e. The molecule has 0 heterocycles. The van der Waals surface area contributed by atoms with Crippen LogP contribution in [0.4, 0.5) is 5.69 Å². The quantitative estimate of drug-likeness (QED) is 0.646. The zero-order valence-electron chi connectivity index (χ0n) is 10.7. The number of nitrogen functional groups attached to an aromatic ring is 1. The fourth-order valence-electron chi connectivity index (χ4n) is 1.26. The first-order valence-electron chi connectivity index (χ1n) is 5.56. The molecule has 1 aromatic rings. The molecule has 4 nitrogen and oxygen atoms in total. The molecule has 0 amide bonds. The van der Waals surface area contributed by atoms with Crippen LogP contribution in [0.25, 0.3) is 0 Å². The zero-order valence-corrected chi connectivity index (χ0v) is 10.7. The first kappa shape index (κ1) is 13.4. The van der Waals surface area contributed by atoms with Crippen molar-refractivity contribution in [3.63, 3.8) is 0 Å². The second kappa shape index (κ2) is 5.08. The minimum absolute atomic E-state index is 0.277. The van der Waals surface area contributed by atoms with E-state index in [0.717, 1.165) is 6.42 Å². The van der Waals surface area contributed by atoms with Crippen LogP contribution in [0.15, 0.2) is 18.2 Å². The SMILES string of the molecule is CCC(C)(C)Oc1ccc(C(=O)OC)cc1N. The van der Waals surface area contributed by atoms with E-state index in [-0.39, 0.29) is 5.60 Å². The fraction of sp³-hybridized carbons (Fsp3) is 0.462. The van der Waals surface area contributed by atoms with Crippen LogP contribution in [0.5, 0.6) is 5.75 Å². The highest BCUT2D eigenvalue weighted by Crippen LogP contribution is 2.28. The molecule has 0 aliphatic carbocycles. The van der Waals surface area contributed by atoms with Crippen molar-refractivity contribution in [2.24, 2.45) is 0 Å². The lowest BCUT2D eigenvalue weighted by molar-refractivity contribution is 0.0600. The molecule has 0 atom stereocenters. The minimum atomic E-state index is -0.405. The topological polar surface area (TPSA) is 61.5 Å². The molecule has 0 radical (unpaired) electrons. The van der Waals surface area contributed by atoms with E-state index >= 15 is 0 Å². The number of hydrogen-bond acceptors (Lipinski definition) is 4. The number of nitrogens with two attached hydrogens (primary N) is 1. The van der Waals surface area contributed by atoms with Crippen LogP contribution in [-0.4, -0.2) is 18.7 Å². The summed E-state index contributed by atoms with van der Waals surface area (Å²) >= 11 is 0. The Morgan fingerprint density at radius 1 is 1.41 bits per heavy atom. The fourth-order valence-corrected chi connectivity index (χ4v) is 1.26. The van der Waals surface area contributed by atoms with E-state index in [1.807, 2.05) is 20.8 Å². The molecule has 1 aromatic carbocycles. The monoisotopic (exact) mass is 237 g/mol. The maximum Gasteiger partial charge on any atom is 0.337 e. The molecule has 0 saturated carbocycles. The number of carbonyl (C=O) groups excluding carboxylic acids is 1. The van der Waals surface area contributed by atoms with Gasteiger partial charge in [0.15, 0.2) is 0 Å². The van der Waals surface area contributed by atoms with E-state index < -0.39 is 5.97 Å². The lowest BCUT2D eigenvalue weighted by atomic mass is 10.1. The predicted octanol–water partition coefficient (Wildman–Crippen LogP) is 2.62. The van der Waals surface area contributed by atoms with Crippen molar-refractivity contribution in [1.82, 2.24) is 0 Å². The van der Waals surface area contributed by atoms with E-state index in [2.05, 4.69) is 4.74 Å². The lowest BCUT2D eigenvalue weighted by Crippen LogP contribution is -2.27. The largest absolute Gasteiger partial charge is 0.486 e. The van der Waals surface area contributed by atoms with Gasteiger partial charge in [0.25, 0.3) is 0 Å². The van der Waals surface area contributed by atoms with Crippen molar-refractivity contribution in [3.05, 3.63) is 23.8 Å². The third kappa shape index (κ3) is 3.37. The van der Waals surface area contributed by atoms with Gasteiger partial charge >= 0.3 is 5.97 Å². The Morgan fingerprint density at radius 3 is 2.53 bits per heavy atom. The zero-order chi connectivity index (χ0) is 13.1. The Bertz CT molecular complexity index is 413. The van der Waals surface area contributed by atoms with Crippen LogP contribution in [0, 0.1) is 0 Å². The summed E-state index contributed by atoms with van der Waals surface area (Å²) in [5.41, 5.74) is 6.43. The smallest absolute Gasteiger partial charge is 0.337 e. The molecule has 0 spiro atoms. The van der Waals surface area contributed by atoms with Crippen molar-refractivity contribution in [1.29, 1.82) is 0 Å². The summed E-state index contributed by atoms with van der Waals surface area (Å²) in [6.07, 6.45) is 0.866. The Kier molecular flexibility index (Phi) is 3.99. The van der Waals surface area contributed by atoms with Gasteiger partial charge in [0.2, 0.25) is 0 Å². The Balaban J connectivity index is 2.94. The lowest BCUT2D eigenvalue weighted by Gasteiger charge is -2.25. The highest BCUT2D eigenvalue weighted by Gasteiger charge is 2.18. The predicted molar refractivity (Wildman–Crippen MR) is 67.2 cm³/mol. The van der Waals surface area contributed by atoms with E-state index in [4.69, 9.17) is 10.5 Å². The van der Waals surface area contributed by atoms with Gasteiger partial charge in [-0.2, -0.15) is 0 Å². The van der Waals surface area contributed by atoms with Gasteiger partial charge in [-0.05, 0) is 38.5 Å². The molecule has 0 aliphatic heterocycles. The van der Waals surface area contributed by atoms with Gasteiger partial charge in [-0.25, -0.2) is 4.79 Å². The molecule has 0 unspecified atom stereocenters. The number of carbonyl (C=O) groups is 1. The maximum absolute atomic E-state index is 11.3. The van der Waals surface area contributed by atoms with E-state index in [0.29, 0.717) is 17.0 Å². The number of ether oxygens (including phenoxy) is 2. The molecule has 2 N–H and O–H groups in total. The van der Waals surface area contributed by atoms with Gasteiger partial charge < -0.3 is 15.2 Å². The standard InChI is InChI=1S/C13H19NO3/c1-5-13(2,3)17-11-7-6-9(8-10(11)14)12(15)16-4/h6-8H,5,14H2,1-4H3. The van der Waals surface area contributed by atoms with Crippen LogP contribution in [0.1, 0.15) is 37.6 Å². The maximum atomic E-state index is 11.3. The average Bonchev–Trinajstić information content (AvgIpc) is 2.30. The molecule has 0 aliphatic rings. The summed E-state index contributed by atoms with van der Waals surface area (Å²) in [5.74, 6) is 0.183. The van der Waals surface area contributed by atoms with Crippen LogP contribution in [0.3, 0.4) is 0 Å². The van der Waals surface area contributed by atoms with Crippen LogP contribution >= 0.6 is 0 Å². The van der Waals surface area contributed by atoms with Crippen molar-refractivity contribution < 1.29 is 14.3 Å². The summed E-state index contributed by atoms with van der Waals surface area (Å²) in [7, 11) is 1.34. The molecular formula is C13H19NO3. The number of rotatable bonds is 4. The summed E-state index contributed by atoms with van der Waals surface area (Å²) in [4.78, 5) is 11.3. The molecule has 0 aromatic heterocycles. The summed E-state index contributed by atoms with van der Waals surface area (Å²) in [5, 5.41) is 0. The molecular weight excluding hydrogens is 218 g/mol. The van der Waals surface area contributed by atoms with Crippen molar-refractivity contribution in [2.75, 3.05) is 12.8 Å². The molecule has 0 saturated heterocycles. The third-order valence-corrected chi connectivity index (χ3v) is 2.67. The second-order valence-electron chi connectivity index (χ2n) is 4.46. The highest BCUT2D eigenvalue weighted by atomic mass is 16.5. The molecule has 94 valence electrons. The number of anilines is 1. The van der Waals surface area contributed by atoms with Gasteiger partial charge in [-0.3, -0.25) is 0 Å². The van der Waals surface area contributed by atoms with Gasteiger partial charge in [0.1, 0.15) is 11.4 Å². The Labute approximate surface area is 102 Å². The average molecular weight is 237 g/mol. The van der Waals surface area contributed by atoms with Gasteiger partial charge in [0, 0.05) is 0 Å². The van der Waals surface area contributed by atoms with Gasteiger partial charge in [0.05, 0.1) is 18.4 Å². The van der Waals surface area contributed by atoms with Crippen molar-refractivity contribution in [2.45, 2.75) is 32.8 Å². The normalized spacial score (nSPS) is 11.1.